The molecule has 0 aliphatic carbocycles. The fraction of sp³-hybridized carbons (Fsp3) is 0.292. The van der Waals surface area contributed by atoms with Gasteiger partial charge in [0.2, 0.25) is 0 Å². The lowest BCUT2D eigenvalue weighted by atomic mass is 9.85. The van der Waals surface area contributed by atoms with Gasteiger partial charge in [-0.1, -0.05) is 5.21 Å². The summed E-state index contributed by atoms with van der Waals surface area (Å²) in [5.41, 5.74) is 3.76. The molecule has 2 fully saturated rings. The first-order valence-corrected chi connectivity index (χ1v) is 10.9. The Balaban J connectivity index is 1.21. The largest absolute Gasteiger partial charge is 0.380 e. The van der Waals surface area contributed by atoms with Gasteiger partial charge in [-0.25, -0.2) is 9.07 Å². The highest BCUT2D eigenvalue weighted by atomic mass is 19.1. The van der Waals surface area contributed by atoms with Gasteiger partial charge >= 0.3 is 0 Å². The third-order valence-electron chi connectivity index (χ3n) is 6.62. The van der Waals surface area contributed by atoms with Crippen LogP contribution in [-0.4, -0.2) is 63.4 Å². The van der Waals surface area contributed by atoms with Gasteiger partial charge in [0.1, 0.15) is 11.5 Å². The summed E-state index contributed by atoms with van der Waals surface area (Å²) in [5, 5.41) is 21.8. The average Bonchev–Trinajstić information content (AvgIpc) is 3.47. The SMILES string of the molecule is O=C(c1ccc(-n2cc(C3=Cc4cc(F)ccc4NC3O)nn2)cc1)N1CCC2(COC2)C1. The number of amides is 1. The first kappa shape index (κ1) is 20.1. The van der Waals surface area contributed by atoms with E-state index in [2.05, 4.69) is 15.6 Å². The van der Waals surface area contributed by atoms with Crippen molar-refractivity contribution in [2.45, 2.75) is 12.6 Å². The van der Waals surface area contributed by atoms with Crippen LogP contribution >= 0.6 is 0 Å². The van der Waals surface area contributed by atoms with E-state index >= 15 is 0 Å². The highest BCUT2D eigenvalue weighted by molar-refractivity contribution is 5.94. The molecule has 8 nitrogen and oxygen atoms in total. The lowest BCUT2D eigenvalue weighted by Gasteiger charge is -2.37. The third-order valence-corrected chi connectivity index (χ3v) is 6.62. The summed E-state index contributed by atoms with van der Waals surface area (Å²) in [6, 6.07) is 11.5. The van der Waals surface area contributed by atoms with Crippen LogP contribution in [0.15, 0.2) is 48.7 Å². The Morgan fingerprint density at radius 3 is 2.76 bits per heavy atom. The van der Waals surface area contributed by atoms with Crippen molar-refractivity contribution in [3.05, 3.63) is 71.3 Å². The van der Waals surface area contributed by atoms with Gasteiger partial charge in [-0.2, -0.15) is 0 Å². The standard InChI is InChI=1S/C24H22FN5O3/c25-17-3-6-20-16(9-17)10-19(22(31)26-20)21-11-30(28-27-21)18-4-1-15(2-5-18)23(32)29-8-7-24(12-29)13-33-14-24/h1-6,9-11,22,26,31H,7-8,12-14H2. The zero-order chi connectivity index (χ0) is 22.6. The fourth-order valence-corrected chi connectivity index (χ4v) is 4.67. The van der Waals surface area contributed by atoms with Gasteiger partial charge in [-0.3, -0.25) is 4.79 Å². The highest BCUT2D eigenvalue weighted by Gasteiger charge is 2.45. The second kappa shape index (κ2) is 7.50. The number of nitrogens with zero attached hydrogens (tertiary/aromatic N) is 4. The summed E-state index contributed by atoms with van der Waals surface area (Å²) < 4.78 is 20.5. The summed E-state index contributed by atoms with van der Waals surface area (Å²) in [6.45, 7) is 2.99. The molecular weight excluding hydrogens is 425 g/mol. The third kappa shape index (κ3) is 3.49. The Labute approximate surface area is 189 Å². The van der Waals surface area contributed by atoms with E-state index in [1.54, 1.807) is 35.2 Å². The predicted molar refractivity (Wildman–Crippen MR) is 119 cm³/mol. The monoisotopic (exact) mass is 447 g/mol. The Kier molecular flexibility index (Phi) is 4.56. The van der Waals surface area contributed by atoms with Crippen molar-refractivity contribution in [3.63, 3.8) is 0 Å². The number of benzene rings is 2. The van der Waals surface area contributed by atoms with Crippen LogP contribution in [0.5, 0.6) is 0 Å². The average molecular weight is 447 g/mol. The van der Waals surface area contributed by atoms with E-state index in [-0.39, 0.29) is 17.1 Å². The van der Waals surface area contributed by atoms with Crippen molar-refractivity contribution >= 4 is 23.2 Å². The van der Waals surface area contributed by atoms with Gasteiger partial charge < -0.3 is 20.1 Å². The first-order valence-electron chi connectivity index (χ1n) is 10.9. The van der Waals surface area contributed by atoms with E-state index in [1.165, 1.54) is 12.1 Å². The number of aliphatic hydroxyl groups excluding tert-OH is 1. The zero-order valence-electron chi connectivity index (χ0n) is 17.7. The molecule has 9 heteroatoms. The zero-order valence-corrected chi connectivity index (χ0v) is 17.7. The molecule has 0 bridgehead atoms. The van der Waals surface area contributed by atoms with Crippen molar-refractivity contribution in [3.8, 4) is 5.69 Å². The number of carbonyl (C=O) groups excluding carboxylic acids is 1. The Morgan fingerprint density at radius 2 is 2.03 bits per heavy atom. The van der Waals surface area contributed by atoms with Gasteiger partial charge in [-0.05, 0) is 55.0 Å². The number of anilines is 1. The summed E-state index contributed by atoms with van der Waals surface area (Å²) in [5.74, 6) is -0.331. The lowest BCUT2D eigenvalue weighted by Crippen LogP contribution is -2.45. The van der Waals surface area contributed by atoms with Crippen LogP contribution in [0.2, 0.25) is 0 Å². The molecule has 2 N–H and O–H groups in total. The molecule has 1 spiro atoms. The molecule has 1 unspecified atom stereocenters. The quantitative estimate of drug-likeness (QED) is 0.641. The van der Waals surface area contributed by atoms with E-state index in [1.807, 2.05) is 17.0 Å². The van der Waals surface area contributed by atoms with E-state index in [0.29, 0.717) is 28.1 Å². The molecule has 4 heterocycles. The van der Waals surface area contributed by atoms with Crippen LogP contribution < -0.4 is 5.32 Å². The molecule has 3 aliphatic heterocycles. The number of carbonyl (C=O) groups is 1. The molecule has 0 radical (unpaired) electrons. The molecular formula is C24H22FN5O3. The summed E-state index contributed by atoms with van der Waals surface area (Å²) in [7, 11) is 0. The van der Waals surface area contributed by atoms with Gasteiger partial charge in [0, 0.05) is 40.9 Å². The molecule has 6 rings (SSSR count). The van der Waals surface area contributed by atoms with Gasteiger partial charge in [0.25, 0.3) is 5.91 Å². The van der Waals surface area contributed by atoms with Crippen molar-refractivity contribution in [2.75, 3.05) is 31.6 Å². The maximum atomic E-state index is 13.6. The molecule has 2 aromatic carbocycles. The molecule has 3 aromatic rings. The highest BCUT2D eigenvalue weighted by Crippen LogP contribution is 2.38. The smallest absolute Gasteiger partial charge is 0.253 e. The summed E-state index contributed by atoms with van der Waals surface area (Å²) in [6.07, 6.45) is 3.40. The van der Waals surface area contributed by atoms with Crippen LogP contribution in [0.25, 0.3) is 17.3 Å². The van der Waals surface area contributed by atoms with Crippen molar-refractivity contribution in [1.82, 2.24) is 19.9 Å². The second-order valence-corrected chi connectivity index (χ2v) is 8.94. The summed E-state index contributed by atoms with van der Waals surface area (Å²) >= 11 is 0. The number of nitrogens with one attached hydrogen (secondary N) is 1. The minimum atomic E-state index is -0.988. The first-order chi connectivity index (χ1) is 16.0. The van der Waals surface area contributed by atoms with E-state index in [4.69, 9.17) is 4.74 Å². The number of halogens is 1. The number of hydrogen-bond acceptors (Lipinski definition) is 6. The predicted octanol–water partition coefficient (Wildman–Crippen LogP) is 2.55. The van der Waals surface area contributed by atoms with E-state index < -0.39 is 6.23 Å². The molecule has 3 aliphatic rings. The van der Waals surface area contributed by atoms with Crippen molar-refractivity contribution in [2.24, 2.45) is 5.41 Å². The number of likely N-dealkylation sites (tertiary alicyclic amines) is 1. The Bertz CT molecular complexity index is 1270. The summed E-state index contributed by atoms with van der Waals surface area (Å²) in [4.78, 5) is 14.8. The molecule has 2 saturated heterocycles. The van der Waals surface area contributed by atoms with Crippen LogP contribution in [-0.2, 0) is 4.74 Å². The molecule has 1 aromatic heterocycles. The lowest BCUT2D eigenvalue weighted by molar-refractivity contribution is -0.103. The minimum Gasteiger partial charge on any atom is -0.380 e. The van der Waals surface area contributed by atoms with Crippen LogP contribution in [0.1, 0.15) is 28.0 Å². The van der Waals surface area contributed by atoms with Gasteiger partial charge in [-0.15, -0.1) is 5.10 Å². The van der Waals surface area contributed by atoms with Crippen LogP contribution in [0, 0.1) is 11.2 Å². The number of ether oxygens (including phenoxy) is 1. The number of aromatic nitrogens is 3. The van der Waals surface area contributed by atoms with Crippen molar-refractivity contribution < 1.29 is 19.0 Å². The Morgan fingerprint density at radius 1 is 1.21 bits per heavy atom. The fourth-order valence-electron chi connectivity index (χ4n) is 4.67. The number of aliphatic hydroxyl groups is 1. The molecule has 1 atom stereocenters. The van der Waals surface area contributed by atoms with Crippen LogP contribution in [0.3, 0.4) is 0 Å². The molecule has 0 saturated carbocycles. The van der Waals surface area contributed by atoms with E-state index in [0.717, 1.165) is 38.4 Å². The second-order valence-electron chi connectivity index (χ2n) is 8.94. The molecule has 33 heavy (non-hydrogen) atoms. The van der Waals surface area contributed by atoms with Crippen LogP contribution in [0.4, 0.5) is 10.1 Å². The Hall–Kier alpha value is -3.56. The van der Waals surface area contributed by atoms with Gasteiger partial charge in [0.15, 0.2) is 6.23 Å². The van der Waals surface area contributed by atoms with Gasteiger partial charge in [0.05, 0.1) is 25.1 Å². The number of hydrogen-bond donors (Lipinski definition) is 2. The van der Waals surface area contributed by atoms with Crippen molar-refractivity contribution in [1.29, 1.82) is 0 Å². The molecule has 1 amide bonds. The maximum Gasteiger partial charge on any atom is 0.253 e. The van der Waals surface area contributed by atoms with E-state index in [9.17, 15) is 14.3 Å². The maximum absolute atomic E-state index is 13.6. The number of fused-ring (bicyclic) bond motifs is 1. The normalized spacial score (nSPS) is 20.7. The topological polar surface area (TPSA) is 92.5 Å². The number of rotatable bonds is 3. The minimum absolute atomic E-state index is 0.0251. The molecule has 168 valence electrons.